The molecule has 6 heteroatoms. The van der Waals surface area contributed by atoms with Crippen molar-refractivity contribution in [3.63, 3.8) is 0 Å². The van der Waals surface area contributed by atoms with Crippen LogP contribution in [0.3, 0.4) is 0 Å². The molecule has 0 aromatic rings. The summed E-state index contributed by atoms with van der Waals surface area (Å²) < 4.78 is 22.2. The fraction of sp³-hybridized carbons (Fsp3) is 0.889. The molecule has 1 aliphatic rings. The highest BCUT2D eigenvalue weighted by atomic mass is 32.2. The molecule has 0 saturated carbocycles. The average molecular weight is 235 g/mol. The summed E-state index contributed by atoms with van der Waals surface area (Å²) in [4.78, 5) is 11.3. The van der Waals surface area contributed by atoms with Crippen molar-refractivity contribution < 1.29 is 18.5 Å². The van der Waals surface area contributed by atoms with Crippen LogP contribution < -0.4 is 10.6 Å². The number of hydrogen-bond acceptors (Lipinski definition) is 3. The highest BCUT2D eigenvalue weighted by Gasteiger charge is 2.28. The summed E-state index contributed by atoms with van der Waals surface area (Å²) in [5.74, 6) is 0.244. The van der Waals surface area contributed by atoms with Crippen LogP contribution >= 0.6 is 0 Å². The number of nitrogens with one attached hydrogen (secondary N) is 1. The van der Waals surface area contributed by atoms with Gasteiger partial charge in [-0.1, -0.05) is 6.92 Å². The van der Waals surface area contributed by atoms with E-state index in [0.29, 0.717) is 13.0 Å². The second-order valence-electron chi connectivity index (χ2n) is 3.95. The fourth-order valence-electron chi connectivity index (χ4n) is 1.63. The zero-order valence-electron chi connectivity index (χ0n) is 9.03. The van der Waals surface area contributed by atoms with Crippen molar-refractivity contribution in [2.24, 2.45) is 0 Å². The minimum Gasteiger partial charge on any atom is -0.347 e. The largest absolute Gasteiger partial charge is 0.347 e. The number of carbonyl (C=O) groups excluding carboxylic acids is 1. The van der Waals surface area contributed by atoms with E-state index < -0.39 is 9.84 Å². The van der Waals surface area contributed by atoms with Gasteiger partial charge < -0.3 is 10.6 Å². The molecule has 1 atom stereocenters. The van der Waals surface area contributed by atoms with E-state index in [4.69, 9.17) is 0 Å². The first-order chi connectivity index (χ1) is 7.03. The smallest absolute Gasteiger partial charge is 0.275 e. The van der Waals surface area contributed by atoms with Gasteiger partial charge in [0.2, 0.25) is 0 Å². The second-order valence-corrected chi connectivity index (χ2v) is 6.18. The van der Waals surface area contributed by atoms with E-state index in [1.807, 2.05) is 5.32 Å². The number of quaternary nitrogens is 1. The van der Waals surface area contributed by atoms with Gasteiger partial charge in [-0.3, -0.25) is 4.79 Å². The monoisotopic (exact) mass is 235 g/mol. The van der Waals surface area contributed by atoms with Crippen LogP contribution in [0.15, 0.2) is 0 Å². The molecule has 0 unspecified atom stereocenters. The van der Waals surface area contributed by atoms with Gasteiger partial charge in [0.05, 0.1) is 18.1 Å². The van der Waals surface area contributed by atoms with Crippen molar-refractivity contribution in [1.29, 1.82) is 0 Å². The highest BCUT2D eigenvalue weighted by molar-refractivity contribution is 7.91. The molecule has 1 amide bonds. The number of sulfone groups is 1. The Bertz CT molecular complexity index is 313. The van der Waals surface area contributed by atoms with Crippen molar-refractivity contribution in [1.82, 2.24) is 5.32 Å². The maximum atomic E-state index is 11.3. The summed E-state index contributed by atoms with van der Waals surface area (Å²) >= 11 is 0. The van der Waals surface area contributed by atoms with E-state index in [9.17, 15) is 13.2 Å². The van der Waals surface area contributed by atoms with Gasteiger partial charge in [-0.15, -0.1) is 0 Å². The summed E-state index contributed by atoms with van der Waals surface area (Å²) in [7, 11) is -2.89. The lowest BCUT2D eigenvalue weighted by Gasteiger charge is -2.09. The number of rotatable bonds is 5. The Balaban J connectivity index is 2.22. The van der Waals surface area contributed by atoms with Crippen molar-refractivity contribution in [3.05, 3.63) is 0 Å². The molecule has 0 spiro atoms. The zero-order chi connectivity index (χ0) is 11.3. The van der Waals surface area contributed by atoms with Gasteiger partial charge in [-0.2, -0.15) is 0 Å². The summed E-state index contributed by atoms with van der Waals surface area (Å²) in [5, 5.41) is 4.67. The van der Waals surface area contributed by atoms with Crippen molar-refractivity contribution in [2.45, 2.75) is 25.8 Å². The molecule has 5 nitrogen and oxygen atoms in total. The van der Waals surface area contributed by atoms with Crippen molar-refractivity contribution >= 4 is 15.7 Å². The van der Waals surface area contributed by atoms with Gasteiger partial charge >= 0.3 is 0 Å². The van der Waals surface area contributed by atoms with Crippen molar-refractivity contribution in [3.8, 4) is 0 Å². The first-order valence-corrected chi connectivity index (χ1v) is 7.17. The van der Waals surface area contributed by atoms with Gasteiger partial charge in [-0.05, 0) is 12.8 Å². The van der Waals surface area contributed by atoms with Gasteiger partial charge in [0.15, 0.2) is 16.4 Å². The zero-order valence-corrected chi connectivity index (χ0v) is 9.85. The molecule has 15 heavy (non-hydrogen) atoms. The Morgan fingerprint density at radius 1 is 1.53 bits per heavy atom. The third-order valence-electron chi connectivity index (χ3n) is 2.42. The summed E-state index contributed by atoms with van der Waals surface area (Å²) in [6, 6.07) is -0.169. The van der Waals surface area contributed by atoms with Crippen molar-refractivity contribution in [2.75, 3.05) is 24.6 Å². The molecule has 0 aromatic carbocycles. The molecule has 1 fully saturated rings. The molecule has 0 bridgehead atoms. The van der Waals surface area contributed by atoms with Crippen LogP contribution in [-0.4, -0.2) is 45.0 Å². The fourth-order valence-corrected chi connectivity index (χ4v) is 3.31. The Morgan fingerprint density at radius 3 is 2.80 bits per heavy atom. The number of nitrogens with two attached hydrogens (primary N) is 1. The topological polar surface area (TPSA) is 79.8 Å². The van der Waals surface area contributed by atoms with Gasteiger partial charge in [0.1, 0.15) is 0 Å². The Morgan fingerprint density at radius 2 is 2.27 bits per heavy atom. The quantitative estimate of drug-likeness (QED) is 0.555. The lowest BCUT2D eigenvalue weighted by molar-refractivity contribution is -0.643. The minimum atomic E-state index is -2.89. The van der Waals surface area contributed by atoms with E-state index in [1.165, 1.54) is 0 Å². The molecule has 1 aliphatic heterocycles. The maximum absolute atomic E-state index is 11.3. The lowest BCUT2D eigenvalue weighted by atomic mass is 10.2. The third kappa shape index (κ3) is 4.61. The molecule has 0 aromatic heterocycles. The van der Waals surface area contributed by atoms with E-state index in [2.05, 4.69) is 12.2 Å². The van der Waals surface area contributed by atoms with Crippen LogP contribution in [0, 0.1) is 0 Å². The summed E-state index contributed by atoms with van der Waals surface area (Å²) in [6.07, 6.45) is 1.59. The van der Waals surface area contributed by atoms with Gasteiger partial charge in [0.25, 0.3) is 5.91 Å². The summed E-state index contributed by atoms with van der Waals surface area (Å²) in [5.41, 5.74) is 0. The predicted molar refractivity (Wildman–Crippen MR) is 57.2 cm³/mol. The third-order valence-corrected chi connectivity index (χ3v) is 4.19. The molecular formula is C9H19N2O3S+. The van der Waals surface area contributed by atoms with Crippen LogP contribution in [0.2, 0.25) is 0 Å². The van der Waals surface area contributed by atoms with Crippen LogP contribution in [-0.2, 0) is 14.6 Å². The molecule has 3 N–H and O–H groups in total. The average Bonchev–Trinajstić information content (AvgIpc) is 2.46. The molecular weight excluding hydrogens is 216 g/mol. The Hall–Kier alpha value is -0.620. The molecule has 1 heterocycles. The first kappa shape index (κ1) is 12.4. The van der Waals surface area contributed by atoms with Gasteiger partial charge in [-0.25, -0.2) is 8.42 Å². The molecule has 1 rings (SSSR count). The number of carbonyl (C=O) groups is 1. The van der Waals surface area contributed by atoms with E-state index in [0.717, 1.165) is 13.0 Å². The number of hydrogen-bond donors (Lipinski definition) is 2. The van der Waals surface area contributed by atoms with Crippen LogP contribution in [0.4, 0.5) is 0 Å². The molecule has 88 valence electrons. The van der Waals surface area contributed by atoms with E-state index >= 15 is 0 Å². The highest BCUT2D eigenvalue weighted by Crippen LogP contribution is 2.10. The first-order valence-electron chi connectivity index (χ1n) is 5.35. The van der Waals surface area contributed by atoms with Crippen LogP contribution in [0.5, 0.6) is 0 Å². The minimum absolute atomic E-state index is 0.0643. The molecule has 1 saturated heterocycles. The predicted octanol–water partition coefficient (Wildman–Crippen LogP) is -1.74. The van der Waals surface area contributed by atoms with Gasteiger partial charge in [0, 0.05) is 6.04 Å². The van der Waals surface area contributed by atoms with E-state index in [-0.39, 0.29) is 23.5 Å². The molecule has 0 aliphatic carbocycles. The maximum Gasteiger partial charge on any atom is 0.275 e. The normalized spacial score (nSPS) is 23.9. The molecule has 0 radical (unpaired) electrons. The second kappa shape index (κ2) is 5.46. The Labute approximate surface area is 90.5 Å². The standard InChI is InChI=1S/C9H18N2O3S/c1-2-4-10-6-9(12)11-8-3-5-15(13,14)7-8/h8,10H,2-7H2,1H3,(H,11,12)/p+1/t8-/m1/s1. The Kier molecular flexibility index (Phi) is 4.53. The number of amides is 1. The van der Waals surface area contributed by atoms with Crippen LogP contribution in [0.1, 0.15) is 19.8 Å². The van der Waals surface area contributed by atoms with Crippen LogP contribution in [0.25, 0.3) is 0 Å². The lowest BCUT2D eigenvalue weighted by Crippen LogP contribution is -2.86. The summed E-state index contributed by atoms with van der Waals surface area (Å²) in [6.45, 7) is 3.37. The SMILES string of the molecule is CCC[NH2+]CC(=O)N[C@@H]1CCS(=O)(=O)C1. The van der Waals surface area contributed by atoms with E-state index in [1.54, 1.807) is 0 Å².